The van der Waals surface area contributed by atoms with Gasteiger partial charge in [0, 0.05) is 14.5 Å². The van der Waals surface area contributed by atoms with Crippen molar-refractivity contribution in [2.75, 3.05) is 5.32 Å². The molecular weight excluding hydrogens is 377 g/mol. The minimum absolute atomic E-state index is 0.326. The largest absolute Gasteiger partial charge is 0.321 e. The lowest BCUT2D eigenvalue weighted by Gasteiger charge is -2.10. The summed E-state index contributed by atoms with van der Waals surface area (Å²) in [5.41, 5.74) is 1.68. The van der Waals surface area contributed by atoms with Gasteiger partial charge in [-0.15, -0.1) is 0 Å². The number of aryl methyl sites for hydroxylation is 1. The number of carbonyl (C=O) groups excluding carboxylic acids is 1. The normalized spacial score (nSPS) is 10.3. The van der Waals surface area contributed by atoms with E-state index in [1.165, 1.54) is 12.1 Å². The third-order valence-electron chi connectivity index (χ3n) is 2.62. The molecule has 0 aliphatic carbocycles. The summed E-state index contributed by atoms with van der Waals surface area (Å²) < 4.78 is 14.8. The van der Waals surface area contributed by atoms with Crippen LogP contribution in [0.1, 0.15) is 15.9 Å². The van der Waals surface area contributed by atoms with E-state index in [9.17, 15) is 9.18 Å². The van der Waals surface area contributed by atoms with Gasteiger partial charge in [0.1, 0.15) is 5.82 Å². The minimum Gasteiger partial charge on any atom is -0.321 e. The van der Waals surface area contributed by atoms with Gasteiger partial charge in [0.05, 0.1) is 5.69 Å². The standard InChI is InChI=1S/C14H10Br2FNO/c1-8-2-4-10(17)7-11(8)14(19)18-13-6-9(15)3-5-12(13)16/h2-7H,1H3,(H,18,19). The number of nitrogens with one attached hydrogen (secondary N) is 1. The molecule has 0 spiro atoms. The Morgan fingerprint density at radius 1 is 1.16 bits per heavy atom. The molecule has 0 aromatic heterocycles. The van der Waals surface area contributed by atoms with E-state index in [-0.39, 0.29) is 5.91 Å². The molecule has 0 heterocycles. The van der Waals surface area contributed by atoms with Crippen molar-refractivity contribution in [2.24, 2.45) is 0 Å². The maximum Gasteiger partial charge on any atom is 0.256 e. The average Bonchev–Trinajstić information content (AvgIpc) is 2.36. The van der Waals surface area contributed by atoms with Gasteiger partial charge in [0.2, 0.25) is 0 Å². The molecule has 1 N–H and O–H groups in total. The van der Waals surface area contributed by atoms with Gasteiger partial charge in [0.15, 0.2) is 0 Å². The van der Waals surface area contributed by atoms with Crippen LogP contribution >= 0.6 is 31.9 Å². The van der Waals surface area contributed by atoms with E-state index < -0.39 is 5.82 Å². The molecule has 5 heteroatoms. The molecule has 1 amide bonds. The lowest BCUT2D eigenvalue weighted by atomic mass is 10.1. The lowest BCUT2D eigenvalue weighted by Crippen LogP contribution is -2.14. The zero-order valence-corrected chi connectivity index (χ0v) is 13.2. The van der Waals surface area contributed by atoms with Crippen LogP contribution in [-0.2, 0) is 0 Å². The summed E-state index contributed by atoms with van der Waals surface area (Å²) in [6.07, 6.45) is 0. The van der Waals surface area contributed by atoms with Gasteiger partial charge in [-0.2, -0.15) is 0 Å². The number of hydrogen-bond donors (Lipinski definition) is 1. The summed E-state index contributed by atoms with van der Waals surface area (Å²) in [6, 6.07) is 9.60. The fourth-order valence-electron chi connectivity index (χ4n) is 1.62. The van der Waals surface area contributed by atoms with Crippen LogP contribution in [0.4, 0.5) is 10.1 Å². The van der Waals surface area contributed by atoms with Crippen LogP contribution in [0.25, 0.3) is 0 Å². The fraction of sp³-hybridized carbons (Fsp3) is 0.0714. The quantitative estimate of drug-likeness (QED) is 0.780. The fourth-order valence-corrected chi connectivity index (χ4v) is 2.33. The highest BCUT2D eigenvalue weighted by molar-refractivity contribution is 9.11. The van der Waals surface area contributed by atoms with Gasteiger partial charge in [-0.05, 0) is 58.7 Å². The number of halogens is 3. The Balaban J connectivity index is 2.30. The van der Waals surface area contributed by atoms with Crippen molar-refractivity contribution in [3.63, 3.8) is 0 Å². The molecule has 0 aliphatic heterocycles. The van der Waals surface area contributed by atoms with Gasteiger partial charge in [0.25, 0.3) is 5.91 Å². The predicted octanol–water partition coefficient (Wildman–Crippen LogP) is 4.91. The zero-order chi connectivity index (χ0) is 14.0. The molecule has 2 aromatic rings. The predicted molar refractivity (Wildman–Crippen MR) is 80.9 cm³/mol. The van der Waals surface area contributed by atoms with Crippen LogP contribution in [0.5, 0.6) is 0 Å². The molecule has 2 aromatic carbocycles. The minimum atomic E-state index is -0.427. The monoisotopic (exact) mass is 385 g/mol. The molecule has 2 rings (SSSR count). The second kappa shape index (κ2) is 5.84. The topological polar surface area (TPSA) is 29.1 Å². The molecule has 0 saturated heterocycles. The highest BCUT2D eigenvalue weighted by Crippen LogP contribution is 2.27. The highest BCUT2D eigenvalue weighted by Gasteiger charge is 2.12. The van der Waals surface area contributed by atoms with Crippen LogP contribution in [0.3, 0.4) is 0 Å². The molecule has 0 fully saturated rings. The van der Waals surface area contributed by atoms with Crippen LogP contribution in [0.2, 0.25) is 0 Å². The molecule has 19 heavy (non-hydrogen) atoms. The molecule has 0 aliphatic rings. The van der Waals surface area contributed by atoms with Crippen molar-refractivity contribution >= 4 is 43.5 Å². The Labute approximate surface area is 127 Å². The third-order valence-corrected chi connectivity index (χ3v) is 3.81. The molecule has 0 atom stereocenters. The zero-order valence-electron chi connectivity index (χ0n) is 10.0. The first-order valence-corrected chi connectivity index (χ1v) is 7.08. The Bertz CT molecular complexity index is 643. The first-order chi connectivity index (χ1) is 8.97. The second-order valence-electron chi connectivity index (χ2n) is 4.04. The van der Waals surface area contributed by atoms with E-state index in [1.807, 2.05) is 12.1 Å². The average molecular weight is 387 g/mol. The molecule has 2 nitrogen and oxygen atoms in total. The van der Waals surface area contributed by atoms with E-state index in [2.05, 4.69) is 37.2 Å². The number of carbonyl (C=O) groups is 1. The molecule has 98 valence electrons. The van der Waals surface area contributed by atoms with E-state index in [4.69, 9.17) is 0 Å². The van der Waals surface area contributed by atoms with Crippen molar-refractivity contribution in [3.05, 3.63) is 62.3 Å². The van der Waals surface area contributed by atoms with E-state index >= 15 is 0 Å². The summed E-state index contributed by atoms with van der Waals surface area (Å²) in [6.45, 7) is 1.77. The van der Waals surface area contributed by atoms with Gasteiger partial charge in [-0.3, -0.25) is 4.79 Å². The maximum atomic E-state index is 13.2. The number of anilines is 1. The first kappa shape index (κ1) is 14.2. The number of amides is 1. The molecule has 0 saturated carbocycles. The van der Waals surface area contributed by atoms with Crippen LogP contribution in [-0.4, -0.2) is 5.91 Å². The van der Waals surface area contributed by atoms with E-state index in [0.29, 0.717) is 11.3 Å². The van der Waals surface area contributed by atoms with Crippen molar-refractivity contribution in [1.29, 1.82) is 0 Å². The van der Waals surface area contributed by atoms with Crippen molar-refractivity contribution in [3.8, 4) is 0 Å². The second-order valence-corrected chi connectivity index (χ2v) is 5.81. The third kappa shape index (κ3) is 3.42. The Hall–Kier alpha value is -1.20. The van der Waals surface area contributed by atoms with E-state index in [1.54, 1.807) is 19.1 Å². The summed E-state index contributed by atoms with van der Waals surface area (Å²) >= 11 is 6.69. The van der Waals surface area contributed by atoms with Gasteiger partial charge in [-0.25, -0.2) is 4.39 Å². The number of rotatable bonds is 2. The number of hydrogen-bond acceptors (Lipinski definition) is 1. The molecular formula is C14H10Br2FNO. The summed E-state index contributed by atoms with van der Waals surface area (Å²) in [7, 11) is 0. The SMILES string of the molecule is Cc1ccc(F)cc1C(=O)Nc1cc(Br)ccc1Br. The van der Waals surface area contributed by atoms with Crippen molar-refractivity contribution in [1.82, 2.24) is 0 Å². The summed E-state index contributed by atoms with van der Waals surface area (Å²) in [5, 5.41) is 2.75. The summed E-state index contributed by atoms with van der Waals surface area (Å²) in [4.78, 5) is 12.1. The van der Waals surface area contributed by atoms with Gasteiger partial charge < -0.3 is 5.32 Å². The van der Waals surface area contributed by atoms with Crippen LogP contribution < -0.4 is 5.32 Å². The highest BCUT2D eigenvalue weighted by atomic mass is 79.9. The lowest BCUT2D eigenvalue weighted by molar-refractivity contribution is 0.102. The van der Waals surface area contributed by atoms with E-state index in [0.717, 1.165) is 14.5 Å². The Kier molecular flexibility index (Phi) is 4.37. The smallest absolute Gasteiger partial charge is 0.256 e. The van der Waals surface area contributed by atoms with Crippen LogP contribution in [0.15, 0.2) is 45.3 Å². The molecule has 0 unspecified atom stereocenters. The van der Waals surface area contributed by atoms with Crippen LogP contribution in [0, 0.1) is 12.7 Å². The molecule has 0 bridgehead atoms. The summed E-state index contributed by atoms with van der Waals surface area (Å²) in [5.74, 6) is -0.764. The number of benzene rings is 2. The van der Waals surface area contributed by atoms with Gasteiger partial charge in [-0.1, -0.05) is 22.0 Å². The molecule has 0 radical (unpaired) electrons. The van der Waals surface area contributed by atoms with Crippen molar-refractivity contribution in [2.45, 2.75) is 6.92 Å². The maximum absolute atomic E-state index is 13.2. The van der Waals surface area contributed by atoms with Crippen molar-refractivity contribution < 1.29 is 9.18 Å². The first-order valence-electron chi connectivity index (χ1n) is 5.50. The Morgan fingerprint density at radius 3 is 2.63 bits per heavy atom. The van der Waals surface area contributed by atoms with Gasteiger partial charge >= 0.3 is 0 Å². The Morgan fingerprint density at radius 2 is 1.89 bits per heavy atom.